The van der Waals surface area contributed by atoms with Gasteiger partial charge >= 0.3 is 0 Å². The monoisotopic (exact) mass is 268 g/mol. The number of hydrogen-bond acceptors (Lipinski definition) is 2. The molecule has 0 aliphatic rings. The van der Waals surface area contributed by atoms with E-state index in [0.717, 1.165) is 22.5 Å². The minimum absolute atomic E-state index is 0.103. The predicted octanol–water partition coefficient (Wildman–Crippen LogP) is 3.27. The van der Waals surface area contributed by atoms with Gasteiger partial charge in [0.05, 0.1) is 0 Å². The van der Waals surface area contributed by atoms with E-state index in [0.29, 0.717) is 0 Å². The summed E-state index contributed by atoms with van der Waals surface area (Å²) in [5.74, 6) is -0.205. The molecular formula is C16H16N2O2. The summed E-state index contributed by atoms with van der Waals surface area (Å²) in [5.41, 5.74) is 3.45. The number of nitrogens with one attached hydrogen (secondary N) is 2. The molecule has 0 unspecified atom stereocenters. The maximum absolute atomic E-state index is 11.1. The van der Waals surface area contributed by atoms with Gasteiger partial charge < -0.3 is 10.6 Å². The van der Waals surface area contributed by atoms with E-state index in [-0.39, 0.29) is 11.8 Å². The SMILES string of the molecule is CC(=O)Nc1cccc(-c2cccc(NC(C)=O)c2)c1. The fourth-order valence-electron chi connectivity index (χ4n) is 1.96. The third-order valence-electron chi connectivity index (χ3n) is 2.70. The smallest absolute Gasteiger partial charge is 0.221 e. The molecule has 2 rings (SSSR count). The van der Waals surface area contributed by atoms with Crippen molar-refractivity contribution >= 4 is 23.2 Å². The van der Waals surface area contributed by atoms with E-state index in [9.17, 15) is 9.59 Å². The molecule has 4 heteroatoms. The van der Waals surface area contributed by atoms with Crippen LogP contribution < -0.4 is 10.6 Å². The molecular weight excluding hydrogens is 252 g/mol. The average Bonchev–Trinajstić information content (AvgIpc) is 2.38. The molecule has 0 heterocycles. The molecule has 0 atom stereocenters. The van der Waals surface area contributed by atoms with E-state index < -0.39 is 0 Å². The van der Waals surface area contributed by atoms with Gasteiger partial charge in [-0.05, 0) is 35.4 Å². The molecule has 2 amide bonds. The van der Waals surface area contributed by atoms with Crippen LogP contribution in [-0.2, 0) is 9.59 Å². The lowest BCUT2D eigenvalue weighted by Gasteiger charge is -2.08. The minimum Gasteiger partial charge on any atom is -0.326 e. The number of carbonyl (C=O) groups excluding carboxylic acids is 2. The second kappa shape index (κ2) is 6.02. The van der Waals surface area contributed by atoms with Gasteiger partial charge in [0, 0.05) is 25.2 Å². The zero-order valence-electron chi connectivity index (χ0n) is 11.4. The van der Waals surface area contributed by atoms with Gasteiger partial charge in [0.25, 0.3) is 0 Å². The lowest BCUT2D eigenvalue weighted by atomic mass is 10.0. The highest BCUT2D eigenvalue weighted by atomic mass is 16.2. The minimum atomic E-state index is -0.103. The molecule has 0 fully saturated rings. The van der Waals surface area contributed by atoms with Gasteiger partial charge in [-0.1, -0.05) is 24.3 Å². The Morgan fingerprint density at radius 1 is 0.750 bits per heavy atom. The van der Waals surface area contributed by atoms with Gasteiger partial charge in [0.2, 0.25) is 11.8 Å². The number of rotatable bonds is 3. The quantitative estimate of drug-likeness (QED) is 0.897. The molecule has 0 bridgehead atoms. The van der Waals surface area contributed by atoms with Crippen molar-refractivity contribution in [3.05, 3.63) is 48.5 Å². The van der Waals surface area contributed by atoms with Crippen LogP contribution in [0.5, 0.6) is 0 Å². The number of anilines is 2. The first-order chi connectivity index (χ1) is 9.54. The third-order valence-corrected chi connectivity index (χ3v) is 2.70. The molecule has 0 spiro atoms. The summed E-state index contributed by atoms with van der Waals surface area (Å²) in [5, 5.41) is 5.51. The molecule has 0 aliphatic carbocycles. The van der Waals surface area contributed by atoms with E-state index in [1.165, 1.54) is 13.8 Å². The topological polar surface area (TPSA) is 58.2 Å². The molecule has 20 heavy (non-hydrogen) atoms. The first-order valence-corrected chi connectivity index (χ1v) is 6.30. The standard InChI is InChI=1S/C16H16N2O2/c1-11(19)17-15-7-3-5-13(9-15)14-6-4-8-16(10-14)18-12(2)20/h3-10H,1-2H3,(H,17,19)(H,18,20). The lowest BCUT2D eigenvalue weighted by Crippen LogP contribution is -2.06. The maximum atomic E-state index is 11.1. The van der Waals surface area contributed by atoms with Crippen molar-refractivity contribution in [2.24, 2.45) is 0 Å². The van der Waals surface area contributed by atoms with Gasteiger partial charge in [-0.3, -0.25) is 9.59 Å². The lowest BCUT2D eigenvalue weighted by molar-refractivity contribution is -0.115. The Balaban J connectivity index is 2.31. The van der Waals surface area contributed by atoms with Gasteiger partial charge in [-0.15, -0.1) is 0 Å². The number of carbonyl (C=O) groups is 2. The molecule has 0 radical (unpaired) electrons. The highest BCUT2D eigenvalue weighted by molar-refractivity contribution is 5.91. The van der Waals surface area contributed by atoms with Crippen molar-refractivity contribution in [3.63, 3.8) is 0 Å². The molecule has 2 N–H and O–H groups in total. The summed E-state index contributed by atoms with van der Waals surface area (Å²) in [7, 11) is 0. The molecule has 4 nitrogen and oxygen atoms in total. The maximum Gasteiger partial charge on any atom is 0.221 e. The molecule has 102 valence electrons. The van der Waals surface area contributed by atoms with Crippen LogP contribution in [0.4, 0.5) is 11.4 Å². The largest absolute Gasteiger partial charge is 0.326 e. The summed E-state index contributed by atoms with van der Waals surface area (Å²) in [6, 6.07) is 15.1. The Labute approximate surface area is 117 Å². The Hall–Kier alpha value is -2.62. The second-order valence-corrected chi connectivity index (χ2v) is 4.52. The van der Waals surface area contributed by atoms with Crippen molar-refractivity contribution in [1.82, 2.24) is 0 Å². The zero-order chi connectivity index (χ0) is 14.5. The zero-order valence-corrected chi connectivity index (χ0v) is 11.4. The Bertz CT molecular complexity index is 593. The summed E-state index contributed by atoms with van der Waals surface area (Å²) >= 11 is 0. The van der Waals surface area contributed by atoms with Crippen LogP contribution in [0.3, 0.4) is 0 Å². The van der Waals surface area contributed by atoms with E-state index in [4.69, 9.17) is 0 Å². The van der Waals surface area contributed by atoms with Crippen LogP contribution in [0.2, 0.25) is 0 Å². The number of benzene rings is 2. The highest BCUT2D eigenvalue weighted by Gasteiger charge is 2.02. The summed E-state index contributed by atoms with van der Waals surface area (Å²) in [6.07, 6.45) is 0. The van der Waals surface area contributed by atoms with E-state index >= 15 is 0 Å². The van der Waals surface area contributed by atoms with Crippen LogP contribution in [0.15, 0.2) is 48.5 Å². The number of amides is 2. The fraction of sp³-hybridized carbons (Fsp3) is 0.125. The molecule has 2 aromatic carbocycles. The van der Waals surface area contributed by atoms with Crippen molar-refractivity contribution < 1.29 is 9.59 Å². The van der Waals surface area contributed by atoms with Crippen molar-refractivity contribution in [1.29, 1.82) is 0 Å². The summed E-state index contributed by atoms with van der Waals surface area (Å²) in [4.78, 5) is 22.2. The summed E-state index contributed by atoms with van der Waals surface area (Å²) < 4.78 is 0. The fourth-order valence-corrected chi connectivity index (χ4v) is 1.96. The first-order valence-electron chi connectivity index (χ1n) is 6.30. The number of hydrogen-bond donors (Lipinski definition) is 2. The van der Waals surface area contributed by atoms with Gasteiger partial charge in [0.15, 0.2) is 0 Å². The van der Waals surface area contributed by atoms with E-state index in [1.54, 1.807) is 0 Å². The molecule has 0 saturated carbocycles. The third kappa shape index (κ3) is 3.68. The Morgan fingerprint density at radius 2 is 1.15 bits per heavy atom. The van der Waals surface area contributed by atoms with E-state index in [1.807, 2.05) is 48.5 Å². The Morgan fingerprint density at radius 3 is 1.50 bits per heavy atom. The van der Waals surface area contributed by atoms with Gasteiger partial charge in [-0.25, -0.2) is 0 Å². The molecule has 0 saturated heterocycles. The van der Waals surface area contributed by atoms with E-state index in [2.05, 4.69) is 10.6 Å². The molecule has 0 aliphatic heterocycles. The Kier molecular flexibility index (Phi) is 4.15. The average molecular weight is 268 g/mol. The second-order valence-electron chi connectivity index (χ2n) is 4.52. The molecule has 0 aromatic heterocycles. The van der Waals surface area contributed by atoms with Crippen molar-refractivity contribution in [2.75, 3.05) is 10.6 Å². The summed E-state index contributed by atoms with van der Waals surface area (Å²) in [6.45, 7) is 2.95. The van der Waals surface area contributed by atoms with Crippen LogP contribution in [0.25, 0.3) is 11.1 Å². The molecule has 2 aromatic rings. The van der Waals surface area contributed by atoms with Crippen molar-refractivity contribution in [2.45, 2.75) is 13.8 Å². The normalized spacial score (nSPS) is 9.90. The van der Waals surface area contributed by atoms with Crippen molar-refractivity contribution in [3.8, 4) is 11.1 Å². The predicted molar refractivity (Wildman–Crippen MR) is 80.5 cm³/mol. The van der Waals surface area contributed by atoms with Gasteiger partial charge in [0.1, 0.15) is 0 Å². The first kappa shape index (κ1) is 13.8. The van der Waals surface area contributed by atoms with Crippen LogP contribution >= 0.6 is 0 Å². The van der Waals surface area contributed by atoms with Gasteiger partial charge in [-0.2, -0.15) is 0 Å². The van der Waals surface area contributed by atoms with Crippen LogP contribution in [0.1, 0.15) is 13.8 Å². The van der Waals surface area contributed by atoms with Crippen LogP contribution in [-0.4, -0.2) is 11.8 Å². The highest BCUT2D eigenvalue weighted by Crippen LogP contribution is 2.25. The van der Waals surface area contributed by atoms with Crippen LogP contribution in [0, 0.1) is 0 Å².